The molecule has 2 saturated heterocycles. The zero-order chi connectivity index (χ0) is 24.3. The number of aromatic hydroxyl groups is 1. The van der Waals surface area contributed by atoms with Gasteiger partial charge < -0.3 is 25.3 Å². The number of benzene rings is 1. The fourth-order valence-corrected chi connectivity index (χ4v) is 7.37. The highest BCUT2D eigenvalue weighted by Gasteiger charge is 2.52. The highest BCUT2D eigenvalue weighted by Crippen LogP contribution is 2.55. The van der Waals surface area contributed by atoms with Crippen molar-refractivity contribution < 1.29 is 15.0 Å². The molecule has 1 amide bonds. The van der Waals surface area contributed by atoms with Crippen LogP contribution in [0.1, 0.15) is 63.0 Å². The van der Waals surface area contributed by atoms with E-state index in [1.165, 1.54) is 36.1 Å². The van der Waals surface area contributed by atoms with Gasteiger partial charge in [-0.1, -0.05) is 6.07 Å². The van der Waals surface area contributed by atoms with Crippen LogP contribution in [0.3, 0.4) is 0 Å². The van der Waals surface area contributed by atoms with Gasteiger partial charge in [0, 0.05) is 36.8 Å². The molecule has 35 heavy (non-hydrogen) atoms. The molecule has 6 rings (SSSR count). The van der Waals surface area contributed by atoms with E-state index in [0.717, 1.165) is 63.4 Å². The summed E-state index contributed by atoms with van der Waals surface area (Å²) in [4.78, 5) is 17.7. The number of nitrogens with zero attached hydrogens (tertiary/aromatic N) is 2. The number of phenolic OH excluding ortho intramolecular Hbond substituents is 1. The third-order valence-corrected chi connectivity index (χ3v) is 9.56. The maximum absolute atomic E-state index is 13.2. The summed E-state index contributed by atoms with van der Waals surface area (Å²) >= 11 is 0. The van der Waals surface area contributed by atoms with Crippen molar-refractivity contribution >= 4 is 5.91 Å². The van der Waals surface area contributed by atoms with Crippen LogP contribution in [0.25, 0.3) is 0 Å². The first-order valence-corrected chi connectivity index (χ1v) is 13.6. The molecule has 0 spiro atoms. The van der Waals surface area contributed by atoms with Crippen molar-refractivity contribution in [1.29, 1.82) is 0 Å². The summed E-state index contributed by atoms with van der Waals surface area (Å²) in [5.74, 6) is 1.52. The average molecular weight is 478 g/mol. The summed E-state index contributed by atoms with van der Waals surface area (Å²) < 4.78 is 0. The van der Waals surface area contributed by atoms with Gasteiger partial charge in [-0.15, -0.1) is 0 Å². The highest BCUT2D eigenvalue weighted by atomic mass is 16.3. The standard InChI is InChI=1S/C29H39N3O3/c1-18-5-8-22(33)15-24(18)29-9-12-32(17-20-6-7-20)19(2)25(29)14-21-13-23(27(34)30-26(21)16-29)28(35)31-10-3-4-11-31/h5,8,13,15,19-20,25,27,30,33-34H,3-4,6-7,9-12,14,16-17H2,1-2H3/t19-,25?,27?,29?/m1/s1. The number of fused-ring (bicyclic) bond motifs is 1. The molecule has 4 atom stereocenters. The van der Waals surface area contributed by atoms with Crippen LogP contribution in [-0.4, -0.2) is 64.4 Å². The van der Waals surface area contributed by atoms with Crippen LogP contribution in [0.5, 0.6) is 5.75 Å². The highest BCUT2D eigenvalue weighted by molar-refractivity contribution is 5.95. The Balaban J connectivity index is 1.39. The number of dihydropyridines is 1. The number of amides is 1. The molecular weight excluding hydrogens is 438 g/mol. The lowest BCUT2D eigenvalue weighted by Gasteiger charge is -2.56. The van der Waals surface area contributed by atoms with E-state index in [1.54, 1.807) is 6.07 Å². The Morgan fingerprint density at radius 2 is 1.97 bits per heavy atom. The third kappa shape index (κ3) is 3.99. The van der Waals surface area contributed by atoms with Gasteiger partial charge in [-0.2, -0.15) is 0 Å². The van der Waals surface area contributed by atoms with E-state index < -0.39 is 6.23 Å². The SMILES string of the molecule is Cc1ccc(O)cc1C12CCN(CC3CC3)[C@H](C)C1CC1=C(C2)NC(O)C(C(=O)N2CCCC2)=C1. The molecule has 6 heteroatoms. The first kappa shape index (κ1) is 23.1. The summed E-state index contributed by atoms with van der Waals surface area (Å²) in [7, 11) is 0. The Labute approximate surface area is 208 Å². The average Bonchev–Trinajstić information content (AvgIpc) is 3.49. The first-order chi connectivity index (χ1) is 16.9. The number of hydrogen-bond acceptors (Lipinski definition) is 5. The first-order valence-electron chi connectivity index (χ1n) is 13.6. The van der Waals surface area contributed by atoms with E-state index in [1.807, 2.05) is 23.1 Å². The second kappa shape index (κ2) is 8.67. The molecule has 1 aromatic carbocycles. The molecule has 3 unspecified atom stereocenters. The van der Waals surface area contributed by atoms with E-state index in [4.69, 9.17) is 0 Å². The summed E-state index contributed by atoms with van der Waals surface area (Å²) in [5, 5.41) is 24.8. The minimum Gasteiger partial charge on any atom is -0.508 e. The van der Waals surface area contributed by atoms with Gasteiger partial charge in [0.2, 0.25) is 0 Å². The van der Waals surface area contributed by atoms with Crippen molar-refractivity contribution in [3.63, 3.8) is 0 Å². The van der Waals surface area contributed by atoms with E-state index in [9.17, 15) is 15.0 Å². The van der Waals surface area contributed by atoms with Gasteiger partial charge in [-0.3, -0.25) is 4.79 Å². The van der Waals surface area contributed by atoms with E-state index in [2.05, 4.69) is 24.1 Å². The topological polar surface area (TPSA) is 76.0 Å². The second-order valence-electron chi connectivity index (χ2n) is 11.7. The Morgan fingerprint density at radius 3 is 2.71 bits per heavy atom. The summed E-state index contributed by atoms with van der Waals surface area (Å²) in [6, 6.07) is 6.22. The minimum atomic E-state index is -0.965. The number of allylic oxidation sites excluding steroid dienone is 3. The monoisotopic (exact) mass is 477 g/mol. The number of nitrogens with one attached hydrogen (secondary N) is 1. The van der Waals surface area contributed by atoms with Gasteiger partial charge in [0.1, 0.15) is 5.75 Å². The Bertz CT molecular complexity index is 1080. The van der Waals surface area contributed by atoms with Crippen LogP contribution in [0.15, 0.2) is 41.1 Å². The zero-order valence-electron chi connectivity index (χ0n) is 21.1. The van der Waals surface area contributed by atoms with Crippen LogP contribution in [0.4, 0.5) is 0 Å². The van der Waals surface area contributed by atoms with Crippen molar-refractivity contribution in [3.05, 3.63) is 52.2 Å². The van der Waals surface area contributed by atoms with Crippen molar-refractivity contribution in [3.8, 4) is 5.75 Å². The molecule has 3 fully saturated rings. The molecule has 6 nitrogen and oxygen atoms in total. The molecule has 3 aliphatic heterocycles. The van der Waals surface area contributed by atoms with Gasteiger partial charge in [0.15, 0.2) is 6.23 Å². The predicted molar refractivity (Wildman–Crippen MR) is 136 cm³/mol. The maximum atomic E-state index is 13.2. The summed E-state index contributed by atoms with van der Waals surface area (Å²) in [6.07, 6.45) is 8.55. The molecule has 5 aliphatic rings. The maximum Gasteiger partial charge on any atom is 0.254 e. The Hall–Kier alpha value is -2.31. The van der Waals surface area contributed by atoms with Crippen molar-refractivity contribution in [1.82, 2.24) is 15.1 Å². The predicted octanol–water partition coefficient (Wildman–Crippen LogP) is 3.58. The summed E-state index contributed by atoms with van der Waals surface area (Å²) in [6.45, 7) is 8.35. The van der Waals surface area contributed by atoms with Crippen LogP contribution >= 0.6 is 0 Å². The number of hydrogen-bond donors (Lipinski definition) is 3. The second-order valence-corrected chi connectivity index (χ2v) is 11.7. The smallest absolute Gasteiger partial charge is 0.254 e. The molecular formula is C29H39N3O3. The Kier molecular flexibility index (Phi) is 5.72. The normalized spacial score (nSPS) is 33.2. The van der Waals surface area contributed by atoms with Crippen LogP contribution in [-0.2, 0) is 10.2 Å². The molecule has 2 aliphatic carbocycles. The molecule has 1 saturated carbocycles. The number of aliphatic hydroxyl groups excluding tert-OH is 1. The van der Waals surface area contributed by atoms with Crippen LogP contribution in [0.2, 0.25) is 0 Å². The third-order valence-electron chi connectivity index (χ3n) is 9.56. The fourth-order valence-electron chi connectivity index (χ4n) is 7.37. The number of carbonyl (C=O) groups is 1. The number of phenols is 1. The van der Waals surface area contributed by atoms with Gasteiger partial charge in [0.05, 0.1) is 5.57 Å². The van der Waals surface area contributed by atoms with Crippen molar-refractivity contribution in [2.24, 2.45) is 11.8 Å². The number of aryl methyl sites for hydroxylation is 1. The fraction of sp³-hybridized carbons (Fsp3) is 0.621. The number of carbonyl (C=O) groups excluding carboxylic acids is 1. The largest absolute Gasteiger partial charge is 0.508 e. The number of rotatable bonds is 4. The molecule has 1 aromatic rings. The molecule has 0 radical (unpaired) electrons. The lowest BCUT2D eigenvalue weighted by molar-refractivity contribution is -0.127. The molecule has 0 aromatic heterocycles. The quantitative estimate of drug-likeness (QED) is 0.618. The van der Waals surface area contributed by atoms with Crippen LogP contribution < -0.4 is 5.32 Å². The van der Waals surface area contributed by atoms with E-state index in [0.29, 0.717) is 23.3 Å². The number of likely N-dealkylation sites (tertiary alicyclic amines) is 2. The molecule has 188 valence electrons. The van der Waals surface area contributed by atoms with Crippen molar-refractivity contribution in [2.45, 2.75) is 76.5 Å². The zero-order valence-corrected chi connectivity index (χ0v) is 21.1. The van der Waals surface area contributed by atoms with E-state index in [-0.39, 0.29) is 11.3 Å². The number of piperidine rings is 1. The van der Waals surface area contributed by atoms with Gasteiger partial charge >= 0.3 is 0 Å². The van der Waals surface area contributed by atoms with E-state index >= 15 is 0 Å². The van der Waals surface area contributed by atoms with Gasteiger partial charge in [-0.05, 0) is 112 Å². The van der Waals surface area contributed by atoms with Crippen molar-refractivity contribution in [2.75, 3.05) is 26.2 Å². The minimum absolute atomic E-state index is 0.0261. The van der Waals surface area contributed by atoms with Gasteiger partial charge in [-0.25, -0.2) is 0 Å². The lowest BCUT2D eigenvalue weighted by Crippen LogP contribution is -2.58. The summed E-state index contributed by atoms with van der Waals surface area (Å²) in [5.41, 5.74) is 5.10. The molecule has 3 N–H and O–H groups in total. The van der Waals surface area contributed by atoms with Crippen LogP contribution in [0, 0.1) is 18.8 Å². The Morgan fingerprint density at radius 1 is 1.20 bits per heavy atom. The lowest BCUT2D eigenvalue weighted by atomic mass is 9.55. The molecule has 3 heterocycles. The van der Waals surface area contributed by atoms with Gasteiger partial charge in [0.25, 0.3) is 5.91 Å². The number of aliphatic hydroxyl groups is 1. The molecule has 0 bridgehead atoms.